The number of piperidine rings is 1. The average Bonchev–Trinajstić information content (AvgIpc) is 2.59. The van der Waals surface area contributed by atoms with E-state index in [0.717, 1.165) is 19.3 Å². The van der Waals surface area contributed by atoms with E-state index in [1.165, 1.54) is 9.80 Å². The molecule has 2 rings (SSSR count). The third kappa shape index (κ3) is 4.93. The lowest BCUT2D eigenvalue weighted by Crippen LogP contribution is -2.57. The largest absolute Gasteiger partial charge is 0.352 e. The Morgan fingerprint density at radius 3 is 2.44 bits per heavy atom. The van der Waals surface area contributed by atoms with Crippen molar-refractivity contribution in [2.45, 2.75) is 45.6 Å². The second kappa shape index (κ2) is 8.82. The lowest BCUT2D eigenvalue weighted by atomic mass is 10.1. The van der Waals surface area contributed by atoms with Gasteiger partial charge >= 0.3 is 11.8 Å². The number of piperazine rings is 1. The van der Waals surface area contributed by atoms with Gasteiger partial charge in [0.15, 0.2) is 0 Å². The Morgan fingerprint density at radius 2 is 1.76 bits per heavy atom. The standard InChI is InChI=1S/C17H28N4O4/c1-3-6-14(22)18-13-7-5-8-20(11-13)15(23)12-21-10-9-19(4-2)16(24)17(21)25/h13H,3-12H2,1-2H3,(H,18,22). The van der Waals surface area contributed by atoms with Crippen LogP contribution in [-0.2, 0) is 19.2 Å². The van der Waals surface area contributed by atoms with Crippen LogP contribution in [0.4, 0.5) is 0 Å². The number of nitrogens with zero attached hydrogens (tertiary/aromatic N) is 3. The molecular formula is C17H28N4O4. The zero-order valence-electron chi connectivity index (χ0n) is 15.1. The van der Waals surface area contributed by atoms with Gasteiger partial charge in [0.2, 0.25) is 11.8 Å². The Balaban J connectivity index is 1.87. The van der Waals surface area contributed by atoms with Crippen molar-refractivity contribution in [3.05, 3.63) is 0 Å². The maximum Gasteiger partial charge on any atom is 0.312 e. The Hall–Kier alpha value is -2.12. The number of carbonyl (C=O) groups is 4. The third-order valence-electron chi connectivity index (χ3n) is 4.72. The fourth-order valence-electron chi connectivity index (χ4n) is 3.28. The Bertz CT molecular complexity index is 537. The molecule has 0 saturated carbocycles. The van der Waals surface area contributed by atoms with E-state index in [1.54, 1.807) is 4.90 Å². The summed E-state index contributed by atoms with van der Waals surface area (Å²) in [7, 11) is 0. The zero-order valence-corrected chi connectivity index (χ0v) is 15.1. The first-order chi connectivity index (χ1) is 12.0. The van der Waals surface area contributed by atoms with E-state index in [9.17, 15) is 19.2 Å². The molecule has 1 unspecified atom stereocenters. The van der Waals surface area contributed by atoms with Crippen LogP contribution in [0.1, 0.15) is 39.5 Å². The van der Waals surface area contributed by atoms with Crippen molar-refractivity contribution in [2.24, 2.45) is 0 Å². The van der Waals surface area contributed by atoms with Crippen LogP contribution in [0, 0.1) is 0 Å². The second-order valence-electron chi connectivity index (χ2n) is 6.61. The van der Waals surface area contributed by atoms with Crippen LogP contribution in [0.15, 0.2) is 0 Å². The van der Waals surface area contributed by atoms with Crippen LogP contribution in [-0.4, -0.2) is 83.6 Å². The van der Waals surface area contributed by atoms with Crippen molar-refractivity contribution in [2.75, 3.05) is 39.3 Å². The number of rotatable bonds is 6. The van der Waals surface area contributed by atoms with Gasteiger partial charge in [-0.1, -0.05) is 6.92 Å². The first-order valence-corrected chi connectivity index (χ1v) is 9.11. The lowest BCUT2D eigenvalue weighted by molar-refractivity contribution is -0.157. The van der Waals surface area contributed by atoms with E-state index < -0.39 is 11.8 Å². The van der Waals surface area contributed by atoms with Gasteiger partial charge in [0, 0.05) is 45.2 Å². The van der Waals surface area contributed by atoms with Gasteiger partial charge in [-0.15, -0.1) is 0 Å². The molecule has 0 aromatic rings. The fraction of sp³-hybridized carbons (Fsp3) is 0.765. The third-order valence-corrected chi connectivity index (χ3v) is 4.72. The second-order valence-corrected chi connectivity index (χ2v) is 6.61. The van der Waals surface area contributed by atoms with Crippen LogP contribution in [0.2, 0.25) is 0 Å². The maximum atomic E-state index is 12.5. The zero-order chi connectivity index (χ0) is 18.4. The minimum Gasteiger partial charge on any atom is -0.352 e. The topological polar surface area (TPSA) is 90.0 Å². The van der Waals surface area contributed by atoms with Crippen molar-refractivity contribution >= 4 is 23.6 Å². The average molecular weight is 352 g/mol. The summed E-state index contributed by atoms with van der Waals surface area (Å²) < 4.78 is 0. The van der Waals surface area contributed by atoms with Crippen molar-refractivity contribution in [3.63, 3.8) is 0 Å². The van der Waals surface area contributed by atoms with Crippen LogP contribution in [0.5, 0.6) is 0 Å². The molecule has 2 saturated heterocycles. The first-order valence-electron chi connectivity index (χ1n) is 9.11. The highest BCUT2D eigenvalue weighted by Crippen LogP contribution is 2.12. The molecule has 0 aliphatic carbocycles. The van der Waals surface area contributed by atoms with E-state index in [0.29, 0.717) is 39.1 Å². The number of nitrogens with one attached hydrogen (secondary N) is 1. The molecule has 0 aromatic heterocycles. The SMILES string of the molecule is CCCC(=O)NC1CCCN(C(=O)CN2CCN(CC)C(=O)C2=O)C1. The van der Waals surface area contributed by atoms with E-state index in [4.69, 9.17) is 0 Å². The molecule has 1 N–H and O–H groups in total. The highest BCUT2D eigenvalue weighted by Gasteiger charge is 2.34. The van der Waals surface area contributed by atoms with Crippen LogP contribution in [0.3, 0.4) is 0 Å². The molecule has 2 fully saturated rings. The van der Waals surface area contributed by atoms with Gasteiger partial charge in [-0.05, 0) is 26.2 Å². The van der Waals surface area contributed by atoms with Crippen molar-refractivity contribution in [1.82, 2.24) is 20.0 Å². The Morgan fingerprint density at radius 1 is 1.08 bits per heavy atom. The molecular weight excluding hydrogens is 324 g/mol. The molecule has 0 radical (unpaired) electrons. The number of hydrogen-bond acceptors (Lipinski definition) is 4. The Labute approximate surface area is 148 Å². The summed E-state index contributed by atoms with van der Waals surface area (Å²) in [6.45, 7) is 6.13. The predicted molar refractivity (Wildman–Crippen MR) is 91.5 cm³/mol. The number of amides is 4. The summed E-state index contributed by atoms with van der Waals surface area (Å²) in [5.41, 5.74) is 0. The predicted octanol–water partition coefficient (Wildman–Crippen LogP) is -0.416. The van der Waals surface area contributed by atoms with Crippen molar-refractivity contribution in [1.29, 1.82) is 0 Å². The molecule has 0 spiro atoms. The maximum absolute atomic E-state index is 12.5. The van der Waals surface area contributed by atoms with Gasteiger partial charge in [-0.25, -0.2) is 0 Å². The number of likely N-dealkylation sites (tertiary alicyclic amines) is 1. The molecule has 1 atom stereocenters. The van der Waals surface area contributed by atoms with Gasteiger partial charge in [0.05, 0.1) is 0 Å². The molecule has 0 aromatic carbocycles. The summed E-state index contributed by atoms with van der Waals surface area (Å²) in [5, 5.41) is 2.96. The van der Waals surface area contributed by atoms with Gasteiger partial charge in [0.25, 0.3) is 0 Å². The highest BCUT2D eigenvalue weighted by atomic mass is 16.2. The molecule has 4 amide bonds. The van der Waals surface area contributed by atoms with E-state index >= 15 is 0 Å². The molecule has 140 valence electrons. The summed E-state index contributed by atoms with van der Waals surface area (Å²) in [6, 6.07) is -0.0361. The quantitative estimate of drug-likeness (QED) is 0.658. The van der Waals surface area contributed by atoms with Gasteiger partial charge in [-0.2, -0.15) is 0 Å². The van der Waals surface area contributed by atoms with E-state index in [2.05, 4.69) is 5.32 Å². The molecule has 8 nitrogen and oxygen atoms in total. The molecule has 2 aliphatic heterocycles. The molecule has 25 heavy (non-hydrogen) atoms. The normalized spacial score (nSPS) is 21.5. The van der Waals surface area contributed by atoms with E-state index in [1.807, 2.05) is 13.8 Å². The summed E-state index contributed by atoms with van der Waals surface area (Å²) in [6.07, 6.45) is 2.95. The monoisotopic (exact) mass is 352 g/mol. The molecule has 8 heteroatoms. The number of likely N-dealkylation sites (N-methyl/N-ethyl adjacent to an activating group) is 1. The van der Waals surface area contributed by atoms with Crippen LogP contribution < -0.4 is 5.32 Å². The van der Waals surface area contributed by atoms with E-state index in [-0.39, 0.29) is 24.4 Å². The molecule has 2 aliphatic rings. The number of hydrogen-bond donors (Lipinski definition) is 1. The fourth-order valence-corrected chi connectivity index (χ4v) is 3.28. The van der Waals surface area contributed by atoms with Gasteiger partial charge in [-0.3, -0.25) is 19.2 Å². The molecule has 2 heterocycles. The highest BCUT2D eigenvalue weighted by molar-refractivity contribution is 6.35. The van der Waals surface area contributed by atoms with Crippen LogP contribution in [0.25, 0.3) is 0 Å². The first kappa shape index (κ1) is 19.2. The van der Waals surface area contributed by atoms with Crippen molar-refractivity contribution < 1.29 is 19.2 Å². The lowest BCUT2D eigenvalue weighted by Gasteiger charge is -2.36. The van der Waals surface area contributed by atoms with Crippen LogP contribution >= 0.6 is 0 Å². The summed E-state index contributed by atoms with van der Waals surface area (Å²) >= 11 is 0. The number of carbonyl (C=O) groups excluding carboxylic acids is 4. The minimum absolute atomic E-state index is 0.0123. The van der Waals surface area contributed by atoms with Gasteiger partial charge < -0.3 is 20.0 Å². The van der Waals surface area contributed by atoms with Gasteiger partial charge in [0.1, 0.15) is 6.54 Å². The van der Waals surface area contributed by atoms with Crippen molar-refractivity contribution in [3.8, 4) is 0 Å². The molecule has 0 bridgehead atoms. The smallest absolute Gasteiger partial charge is 0.312 e. The summed E-state index contributed by atoms with van der Waals surface area (Å²) in [4.78, 5) is 52.8. The summed E-state index contributed by atoms with van der Waals surface area (Å²) in [5.74, 6) is -1.30. The minimum atomic E-state index is -0.605. The Kier molecular flexibility index (Phi) is 6.78.